The highest BCUT2D eigenvalue weighted by Crippen LogP contribution is 2.30. The number of rotatable bonds is 4. The SMILES string of the molecule is CCNC(C)c1ccc(F)cc1-c1ccccc1F. The minimum absolute atomic E-state index is 0.0419. The predicted molar refractivity (Wildman–Crippen MR) is 73.9 cm³/mol. The summed E-state index contributed by atoms with van der Waals surface area (Å²) in [5.74, 6) is -0.691. The molecule has 0 saturated carbocycles. The summed E-state index contributed by atoms with van der Waals surface area (Å²) < 4.78 is 27.4. The van der Waals surface area contributed by atoms with Crippen molar-refractivity contribution >= 4 is 0 Å². The van der Waals surface area contributed by atoms with E-state index in [1.165, 1.54) is 18.2 Å². The summed E-state index contributed by atoms with van der Waals surface area (Å²) in [4.78, 5) is 0. The molecule has 2 aromatic carbocycles. The van der Waals surface area contributed by atoms with Crippen molar-refractivity contribution in [1.29, 1.82) is 0 Å². The molecule has 3 heteroatoms. The number of nitrogens with one attached hydrogen (secondary N) is 1. The van der Waals surface area contributed by atoms with Gasteiger partial charge in [-0.15, -0.1) is 0 Å². The first-order valence-corrected chi connectivity index (χ1v) is 6.41. The van der Waals surface area contributed by atoms with E-state index in [9.17, 15) is 8.78 Å². The van der Waals surface area contributed by atoms with Gasteiger partial charge in [0.25, 0.3) is 0 Å². The highest BCUT2D eigenvalue weighted by Gasteiger charge is 2.14. The van der Waals surface area contributed by atoms with Crippen LogP contribution in [-0.4, -0.2) is 6.54 Å². The van der Waals surface area contributed by atoms with E-state index < -0.39 is 0 Å². The third-order valence-electron chi connectivity index (χ3n) is 3.16. The number of hydrogen-bond donors (Lipinski definition) is 1. The van der Waals surface area contributed by atoms with Gasteiger partial charge in [-0.05, 0) is 42.8 Å². The fourth-order valence-electron chi connectivity index (χ4n) is 2.24. The van der Waals surface area contributed by atoms with Gasteiger partial charge in [0.1, 0.15) is 11.6 Å². The van der Waals surface area contributed by atoms with Gasteiger partial charge in [0.15, 0.2) is 0 Å². The lowest BCUT2D eigenvalue weighted by Crippen LogP contribution is -2.18. The minimum atomic E-state index is -0.356. The zero-order chi connectivity index (χ0) is 13.8. The molecule has 0 saturated heterocycles. The molecule has 0 heterocycles. The van der Waals surface area contributed by atoms with Gasteiger partial charge in [0, 0.05) is 11.6 Å². The van der Waals surface area contributed by atoms with E-state index >= 15 is 0 Å². The summed E-state index contributed by atoms with van der Waals surface area (Å²) in [6.45, 7) is 4.79. The van der Waals surface area contributed by atoms with Gasteiger partial charge >= 0.3 is 0 Å². The molecule has 0 aromatic heterocycles. The minimum Gasteiger partial charge on any atom is -0.310 e. The second kappa shape index (κ2) is 5.93. The van der Waals surface area contributed by atoms with Crippen LogP contribution in [0.15, 0.2) is 42.5 Å². The standard InChI is InChI=1S/C16H17F2N/c1-3-19-11(2)13-9-8-12(17)10-15(13)14-6-4-5-7-16(14)18/h4-11,19H,3H2,1-2H3. The van der Waals surface area contributed by atoms with Crippen LogP contribution >= 0.6 is 0 Å². The van der Waals surface area contributed by atoms with E-state index in [0.717, 1.165) is 12.1 Å². The summed E-state index contributed by atoms with van der Waals surface area (Å²) in [6.07, 6.45) is 0. The van der Waals surface area contributed by atoms with Gasteiger partial charge in [0.05, 0.1) is 0 Å². The lowest BCUT2D eigenvalue weighted by molar-refractivity contribution is 0.591. The van der Waals surface area contributed by atoms with Gasteiger partial charge in [-0.3, -0.25) is 0 Å². The maximum absolute atomic E-state index is 13.9. The predicted octanol–water partition coefficient (Wildman–Crippen LogP) is 4.30. The Morgan fingerprint density at radius 3 is 2.47 bits per heavy atom. The fourth-order valence-corrected chi connectivity index (χ4v) is 2.24. The summed E-state index contributed by atoms with van der Waals surface area (Å²) >= 11 is 0. The van der Waals surface area contributed by atoms with E-state index in [1.54, 1.807) is 24.3 Å². The van der Waals surface area contributed by atoms with Crippen LogP contribution in [0.1, 0.15) is 25.5 Å². The molecule has 1 unspecified atom stereocenters. The molecule has 0 bridgehead atoms. The van der Waals surface area contributed by atoms with E-state index in [0.29, 0.717) is 11.1 Å². The third-order valence-corrected chi connectivity index (χ3v) is 3.16. The molecule has 0 aliphatic heterocycles. The smallest absolute Gasteiger partial charge is 0.131 e. The molecule has 0 radical (unpaired) electrons. The van der Waals surface area contributed by atoms with E-state index in [2.05, 4.69) is 5.32 Å². The van der Waals surface area contributed by atoms with Gasteiger partial charge in [-0.25, -0.2) is 8.78 Å². The van der Waals surface area contributed by atoms with Crippen molar-refractivity contribution < 1.29 is 8.78 Å². The van der Waals surface area contributed by atoms with Crippen LogP contribution in [-0.2, 0) is 0 Å². The first-order chi connectivity index (χ1) is 9.13. The topological polar surface area (TPSA) is 12.0 Å². The van der Waals surface area contributed by atoms with Crippen molar-refractivity contribution in [3.63, 3.8) is 0 Å². The Kier molecular flexibility index (Phi) is 4.27. The zero-order valence-corrected chi connectivity index (χ0v) is 11.1. The highest BCUT2D eigenvalue weighted by molar-refractivity contribution is 5.68. The summed E-state index contributed by atoms with van der Waals surface area (Å²) in [5, 5.41) is 3.27. The quantitative estimate of drug-likeness (QED) is 0.865. The zero-order valence-electron chi connectivity index (χ0n) is 11.1. The molecule has 0 aliphatic rings. The molecule has 0 spiro atoms. The van der Waals surface area contributed by atoms with Gasteiger partial charge in [-0.2, -0.15) is 0 Å². The number of hydrogen-bond acceptors (Lipinski definition) is 1. The molecule has 19 heavy (non-hydrogen) atoms. The molecule has 1 nitrogen and oxygen atoms in total. The van der Waals surface area contributed by atoms with Crippen molar-refractivity contribution in [3.05, 3.63) is 59.7 Å². The van der Waals surface area contributed by atoms with Crippen LogP contribution in [0.4, 0.5) is 8.78 Å². The average Bonchev–Trinajstić information content (AvgIpc) is 2.39. The van der Waals surface area contributed by atoms with Crippen LogP contribution in [0, 0.1) is 11.6 Å². The molecule has 2 rings (SSSR count). The van der Waals surface area contributed by atoms with Crippen molar-refractivity contribution in [1.82, 2.24) is 5.32 Å². The van der Waals surface area contributed by atoms with E-state index in [1.807, 2.05) is 13.8 Å². The number of benzene rings is 2. The second-order valence-corrected chi connectivity index (χ2v) is 4.49. The molecular weight excluding hydrogens is 244 g/mol. The van der Waals surface area contributed by atoms with Crippen molar-refractivity contribution in [2.75, 3.05) is 6.54 Å². The average molecular weight is 261 g/mol. The monoisotopic (exact) mass is 261 g/mol. The Bertz CT molecular complexity index is 566. The fraction of sp³-hybridized carbons (Fsp3) is 0.250. The molecule has 0 aliphatic carbocycles. The molecule has 1 atom stereocenters. The van der Waals surface area contributed by atoms with Gasteiger partial charge in [0.2, 0.25) is 0 Å². The van der Waals surface area contributed by atoms with E-state index in [-0.39, 0.29) is 17.7 Å². The molecule has 1 N–H and O–H groups in total. The highest BCUT2D eigenvalue weighted by atomic mass is 19.1. The van der Waals surface area contributed by atoms with Gasteiger partial charge in [-0.1, -0.05) is 31.2 Å². The molecule has 2 aromatic rings. The normalized spacial score (nSPS) is 12.4. The van der Waals surface area contributed by atoms with Crippen LogP contribution in [0.5, 0.6) is 0 Å². The van der Waals surface area contributed by atoms with E-state index in [4.69, 9.17) is 0 Å². The maximum Gasteiger partial charge on any atom is 0.131 e. The van der Waals surface area contributed by atoms with Crippen molar-refractivity contribution in [2.24, 2.45) is 0 Å². The molecule has 0 amide bonds. The summed E-state index contributed by atoms with van der Waals surface area (Å²) in [7, 11) is 0. The van der Waals surface area contributed by atoms with Crippen molar-refractivity contribution in [3.8, 4) is 11.1 Å². The van der Waals surface area contributed by atoms with Gasteiger partial charge < -0.3 is 5.32 Å². The lowest BCUT2D eigenvalue weighted by Gasteiger charge is -2.18. The Hall–Kier alpha value is -1.74. The lowest BCUT2D eigenvalue weighted by atomic mass is 9.95. The first-order valence-electron chi connectivity index (χ1n) is 6.41. The summed E-state index contributed by atoms with van der Waals surface area (Å²) in [6, 6.07) is 11.0. The first kappa shape index (κ1) is 13.7. The third kappa shape index (κ3) is 2.99. The largest absolute Gasteiger partial charge is 0.310 e. The van der Waals surface area contributed by atoms with Crippen LogP contribution < -0.4 is 5.32 Å². The Morgan fingerprint density at radius 1 is 1.05 bits per heavy atom. The Balaban J connectivity index is 2.55. The summed E-state index contributed by atoms with van der Waals surface area (Å²) in [5.41, 5.74) is 1.93. The number of halogens is 2. The maximum atomic E-state index is 13.9. The van der Waals surface area contributed by atoms with Crippen LogP contribution in [0.3, 0.4) is 0 Å². The molecular formula is C16H17F2N. The Labute approximate surface area is 112 Å². The Morgan fingerprint density at radius 2 is 1.79 bits per heavy atom. The van der Waals surface area contributed by atoms with Crippen molar-refractivity contribution in [2.45, 2.75) is 19.9 Å². The molecule has 0 fully saturated rings. The van der Waals surface area contributed by atoms with Crippen LogP contribution in [0.2, 0.25) is 0 Å². The van der Waals surface area contributed by atoms with Crippen LogP contribution in [0.25, 0.3) is 11.1 Å². The molecule has 100 valence electrons. The second-order valence-electron chi connectivity index (χ2n) is 4.49.